The van der Waals surface area contributed by atoms with Crippen LogP contribution in [0.15, 0.2) is 16.7 Å². The first kappa shape index (κ1) is 12.2. The summed E-state index contributed by atoms with van der Waals surface area (Å²) in [6.07, 6.45) is 6.15. The monoisotopic (exact) mass is 236 g/mol. The van der Waals surface area contributed by atoms with Crippen molar-refractivity contribution in [1.82, 2.24) is 5.32 Å². The quantitative estimate of drug-likeness (QED) is 0.841. The molecule has 4 nitrogen and oxygen atoms in total. The van der Waals surface area contributed by atoms with Crippen molar-refractivity contribution >= 4 is 5.91 Å². The van der Waals surface area contributed by atoms with E-state index in [2.05, 4.69) is 5.32 Å². The fourth-order valence-electron chi connectivity index (χ4n) is 2.40. The van der Waals surface area contributed by atoms with Gasteiger partial charge in [0, 0.05) is 18.2 Å². The Bertz CT molecular complexity index is 387. The average Bonchev–Trinajstić information content (AvgIpc) is 2.74. The van der Waals surface area contributed by atoms with Crippen LogP contribution in [0.3, 0.4) is 0 Å². The number of nitrogens with two attached hydrogens (primary N) is 1. The number of rotatable bonds is 3. The summed E-state index contributed by atoms with van der Waals surface area (Å²) in [6, 6.07) is 2.02. The van der Waals surface area contributed by atoms with Crippen LogP contribution in [0.1, 0.15) is 41.8 Å². The Morgan fingerprint density at radius 1 is 1.53 bits per heavy atom. The van der Waals surface area contributed by atoms with Crippen LogP contribution in [0.5, 0.6) is 0 Å². The van der Waals surface area contributed by atoms with Gasteiger partial charge in [-0.3, -0.25) is 4.79 Å². The number of nitrogens with one attached hydrogen (secondary N) is 1. The predicted octanol–water partition coefficient (Wildman–Crippen LogP) is 1.84. The van der Waals surface area contributed by atoms with E-state index in [4.69, 9.17) is 10.2 Å². The van der Waals surface area contributed by atoms with Crippen molar-refractivity contribution in [3.63, 3.8) is 0 Å². The Morgan fingerprint density at radius 2 is 2.29 bits per heavy atom. The summed E-state index contributed by atoms with van der Waals surface area (Å²) in [5.41, 5.74) is 6.91. The van der Waals surface area contributed by atoms with E-state index >= 15 is 0 Å². The third-order valence-corrected chi connectivity index (χ3v) is 3.56. The average molecular weight is 236 g/mol. The standard InChI is InChI=1S/C13H20N2O2/c1-9-6-7-17-12(9)13(16)15-8-10-4-2-3-5-11(10)14/h6-7,10-11H,2-5,8,14H2,1H3,(H,15,16). The summed E-state index contributed by atoms with van der Waals surface area (Å²) in [5.74, 6) is 0.683. The Balaban J connectivity index is 1.86. The van der Waals surface area contributed by atoms with Crippen LogP contribution in [0.2, 0.25) is 0 Å². The molecule has 2 atom stereocenters. The van der Waals surface area contributed by atoms with E-state index in [0.717, 1.165) is 18.4 Å². The summed E-state index contributed by atoms with van der Waals surface area (Å²) in [5, 5.41) is 2.91. The van der Waals surface area contributed by atoms with E-state index in [1.807, 2.05) is 6.92 Å². The van der Waals surface area contributed by atoms with Gasteiger partial charge < -0.3 is 15.5 Å². The molecule has 1 aromatic heterocycles. The normalized spacial score (nSPS) is 24.6. The summed E-state index contributed by atoms with van der Waals surface area (Å²) < 4.78 is 5.15. The lowest BCUT2D eigenvalue weighted by Crippen LogP contribution is -2.41. The highest BCUT2D eigenvalue weighted by Crippen LogP contribution is 2.22. The maximum Gasteiger partial charge on any atom is 0.287 e. The first-order valence-electron chi connectivity index (χ1n) is 6.26. The van der Waals surface area contributed by atoms with E-state index < -0.39 is 0 Å². The van der Waals surface area contributed by atoms with Gasteiger partial charge >= 0.3 is 0 Å². The van der Waals surface area contributed by atoms with Crippen LogP contribution in [0, 0.1) is 12.8 Å². The number of carbonyl (C=O) groups excluding carboxylic acids is 1. The number of hydrogen-bond donors (Lipinski definition) is 2. The van der Waals surface area contributed by atoms with E-state index in [9.17, 15) is 4.79 Å². The molecule has 0 aliphatic heterocycles. The maximum absolute atomic E-state index is 11.8. The lowest BCUT2D eigenvalue weighted by Gasteiger charge is -2.28. The van der Waals surface area contributed by atoms with Gasteiger partial charge in [-0.05, 0) is 31.7 Å². The van der Waals surface area contributed by atoms with Gasteiger partial charge in [-0.1, -0.05) is 12.8 Å². The molecule has 0 bridgehead atoms. The van der Waals surface area contributed by atoms with Gasteiger partial charge in [0.05, 0.1) is 6.26 Å². The molecular formula is C13H20N2O2. The highest BCUT2D eigenvalue weighted by atomic mass is 16.3. The van der Waals surface area contributed by atoms with Gasteiger partial charge in [0.15, 0.2) is 5.76 Å². The van der Waals surface area contributed by atoms with Gasteiger partial charge in [0.2, 0.25) is 0 Å². The second kappa shape index (κ2) is 5.36. The molecule has 17 heavy (non-hydrogen) atoms. The number of amides is 1. The van der Waals surface area contributed by atoms with E-state index in [0.29, 0.717) is 18.2 Å². The van der Waals surface area contributed by atoms with Crippen molar-refractivity contribution in [3.05, 3.63) is 23.7 Å². The van der Waals surface area contributed by atoms with Crippen molar-refractivity contribution in [2.24, 2.45) is 11.7 Å². The molecule has 1 aliphatic carbocycles. The van der Waals surface area contributed by atoms with Crippen molar-refractivity contribution < 1.29 is 9.21 Å². The minimum Gasteiger partial charge on any atom is -0.459 e. The smallest absolute Gasteiger partial charge is 0.287 e. The molecule has 4 heteroatoms. The van der Waals surface area contributed by atoms with Gasteiger partial charge in [0.25, 0.3) is 5.91 Å². The lowest BCUT2D eigenvalue weighted by molar-refractivity contribution is 0.0912. The molecule has 94 valence electrons. The third-order valence-electron chi connectivity index (χ3n) is 3.56. The molecule has 0 spiro atoms. The van der Waals surface area contributed by atoms with Crippen LogP contribution < -0.4 is 11.1 Å². The molecule has 1 fully saturated rings. The van der Waals surface area contributed by atoms with Crippen LogP contribution in [0.4, 0.5) is 0 Å². The first-order valence-corrected chi connectivity index (χ1v) is 6.26. The fourth-order valence-corrected chi connectivity index (χ4v) is 2.40. The topological polar surface area (TPSA) is 68.3 Å². The van der Waals surface area contributed by atoms with Gasteiger partial charge in [-0.15, -0.1) is 0 Å². The third kappa shape index (κ3) is 2.88. The summed E-state index contributed by atoms with van der Waals surface area (Å²) in [7, 11) is 0. The minimum atomic E-state index is -0.134. The van der Waals surface area contributed by atoms with Crippen LogP contribution in [-0.4, -0.2) is 18.5 Å². The van der Waals surface area contributed by atoms with E-state index in [1.165, 1.54) is 19.1 Å². The molecule has 1 heterocycles. The van der Waals surface area contributed by atoms with Gasteiger partial charge in [0.1, 0.15) is 0 Å². The van der Waals surface area contributed by atoms with Gasteiger partial charge in [-0.25, -0.2) is 0 Å². The molecule has 1 aromatic rings. The fraction of sp³-hybridized carbons (Fsp3) is 0.615. The zero-order valence-electron chi connectivity index (χ0n) is 10.2. The van der Waals surface area contributed by atoms with Crippen LogP contribution >= 0.6 is 0 Å². The van der Waals surface area contributed by atoms with Crippen molar-refractivity contribution in [2.45, 2.75) is 38.6 Å². The number of hydrogen-bond acceptors (Lipinski definition) is 3. The molecule has 1 amide bonds. The zero-order valence-corrected chi connectivity index (χ0v) is 10.2. The predicted molar refractivity (Wildman–Crippen MR) is 65.7 cm³/mol. The molecule has 0 saturated heterocycles. The number of furan rings is 1. The van der Waals surface area contributed by atoms with Crippen LogP contribution in [-0.2, 0) is 0 Å². The number of aryl methyl sites for hydroxylation is 1. The summed E-state index contributed by atoms with van der Waals surface area (Å²) in [4.78, 5) is 11.8. The molecule has 3 N–H and O–H groups in total. The molecule has 0 radical (unpaired) electrons. The van der Waals surface area contributed by atoms with Crippen molar-refractivity contribution in [1.29, 1.82) is 0 Å². The highest BCUT2D eigenvalue weighted by molar-refractivity contribution is 5.92. The molecule has 1 saturated carbocycles. The minimum absolute atomic E-state index is 0.134. The van der Waals surface area contributed by atoms with Crippen LogP contribution in [0.25, 0.3) is 0 Å². The summed E-state index contributed by atoms with van der Waals surface area (Å²) in [6.45, 7) is 2.52. The second-order valence-electron chi connectivity index (χ2n) is 4.85. The maximum atomic E-state index is 11.8. The zero-order chi connectivity index (χ0) is 12.3. The first-order chi connectivity index (χ1) is 8.18. The molecule has 1 aliphatic rings. The SMILES string of the molecule is Cc1ccoc1C(=O)NCC1CCCCC1N. The molecular weight excluding hydrogens is 216 g/mol. The van der Waals surface area contributed by atoms with Crippen molar-refractivity contribution in [2.75, 3.05) is 6.54 Å². The Morgan fingerprint density at radius 3 is 2.94 bits per heavy atom. The van der Waals surface area contributed by atoms with E-state index in [-0.39, 0.29) is 11.9 Å². The molecule has 0 aromatic carbocycles. The lowest BCUT2D eigenvalue weighted by atomic mass is 9.85. The second-order valence-corrected chi connectivity index (χ2v) is 4.85. The Hall–Kier alpha value is -1.29. The highest BCUT2D eigenvalue weighted by Gasteiger charge is 2.23. The Kier molecular flexibility index (Phi) is 3.84. The Labute approximate surface area is 102 Å². The van der Waals surface area contributed by atoms with E-state index in [1.54, 1.807) is 6.07 Å². The van der Waals surface area contributed by atoms with Gasteiger partial charge in [-0.2, -0.15) is 0 Å². The summed E-state index contributed by atoms with van der Waals surface area (Å²) >= 11 is 0. The number of carbonyl (C=O) groups is 1. The molecule has 2 unspecified atom stereocenters. The largest absolute Gasteiger partial charge is 0.459 e. The molecule has 2 rings (SSSR count). The van der Waals surface area contributed by atoms with Crippen molar-refractivity contribution in [3.8, 4) is 0 Å².